The highest BCUT2D eigenvalue weighted by Gasteiger charge is 2.26. The van der Waals surface area contributed by atoms with E-state index in [0.717, 1.165) is 54.1 Å². The Labute approximate surface area is 286 Å². The molecule has 9 nitrogen and oxygen atoms in total. The molecule has 3 N–H and O–H groups in total. The minimum atomic E-state index is -0.625. The summed E-state index contributed by atoms with van der Waals surface area (Å²) in [7, 11) is 0. The monoisotopic (exact) mass is 662 g/mol. The molecule has 1 fully saturated rings. The second-order valence-electron chi connectivity index (χ2n) is 13.1. The van der Waals surface area contributed by atoms with Crippen molar-refractivity contribution in [3.63, 3.8) is 0 Å². The molecule has 6 rings (SSSR count). The molecule has 3 aromatic heterocycles. The van der Waals surface area contributed by atoms with Gasteiger partial charge in [0.25, 0.3) is 11.8 Å². The predicted octanol–water partition coefficient (Wildman–Crippen LogP) is 7.04. The summed E-state index contributed by atoms with van der Waals surface area (Å²) in [6.45, 7) is 7.26. The van der Waals surface area contributed by atoms with Gasteiger partial charge in [0.2, 0.25) is 5.88 Å². The first kappa shape index (κ1) is 33.8. The van der Waals surface area contributed by atoms with Gasteiger partial charge in [0.05, 0.1) is 6.20 Å². The zero-order valence-corrected chi connectivity index (χ0v) is 28.2. The fourth-order valence-electron chi connectivity index (χ4n) is 6.23. The van der Waals surface area contributed by atoms with Gasteiger partial charge in [0.1, 0.15) is 28.5 Å². The molecule has 5 aromatic rings. The third-order valence-electron chi connectivity index (χ3n) is 8.92. The number of hydrogen-bond acceptors (Lipinski definition) is 6. The fourth-order valence-corrected chi connectivity index (χ4v) is 6.23. The Morgan fingerprint density at radius 2 is 1.63 bits per heavy atom. The van der Waals surface area contributed by atoms with Crippen LogP contribution in [0.3, 0.4) is 0 Å². The number of nitrogens with one attached hydrogen (secondary N) is 3. The van der Waals surface area contributed by atoms with Gasteiger partial charge >= 0.3 is 0 Å². The number of halogens is 1. The van der Waals surface area contributed by atoms with Crippen LogP contribution in [0.25, 0.3) is 16.8 Å². The van der Waals surface area contributed by atoms with Crippen LogP contribution in [-0.4, -0.2) is 50.9 Å². The van der Waals surface area contributed by atoms with Crippen LogP contribution in [0.4, 0.5) is 4.39 Å². The number of aromatic nitrogens is 3. The van der Waals surface area contributed by atoms with Gasteiger partial charge < -0.3 is 25.1 Å². The summed E-state index contributed by atoms with van der Waals surface area (Å²) in [5.41, 5.74) is 5.41. The molecule has 49 heavy (non-hydrogen) atoms. The average Bonchev–Trinajstić information content (AvgIpc) is 3.55. The van der Waals surface area contributed by atoms with Crippen LogP contribution in [-0.2, 0) is 6.42 Å². The highest BCUT2D eigenvalue weighted by Crippen LogP contribution is 2.29. The molecule has 254 valence electrons. The predicted molar refractivity (Wildman–Crippen MR) is 189 cm³/mol. The van der Waals surface area contributed by atoms with Crippen molar-refractivity contribution in [1.29, 1.82) is 0 Å². The number of carbonyl (C=O) groups excluding carboxylic acids is 2. The number of carbonyl (C=O) groups is 2. The number of aryl methyl sites for hydroxylation is 2. The van der Waals surface area contributed by atoms with Crippen LogP contribution >= 0.6 is 0 Å². The van der Waals surface area contributed by atoms with Crippen molar-refractivity contribution in [2.45, 2.75) is 77.4 Å². The van der Waals surface area contributed by atoms with Crippen LogP contribution < -0.4 is 20.7 Å². The molecule has 2 amide bonds. The van der Waals surface area contributed by atoms with Crippen molar-refractivity contribution < 1.29 is 18.7 Å². The first-order valence-corrected chi connectivity index (χ1v) is 17.0. The van der Waals surface area contributed by atoms with E-state index in [1.54, 1.807) is 12.3 Å². The number of nitrogens with zero attached hydrogens (tertiary/aromatic N) is 3. The number of amides is 2. The minimum Gasteiger partial charge on any atom is -0.438 e. The fraction of sp³-hybridized carbons (Fsp3) is 0.333. The van der Waals surface area contributed by atoms with Gasteiger partial charge in [0.15, 0.2) is 0 Å². The van der Waals surface area contributed by atoms with E-state index in [2.05, 4.69) is 64.0 Å². The SMILES string of the molecule is Cc1cccc2nc(C(=O)N[C@H]3CC[C@H](NC(=O)c4cc(F)cnc4Oc4cccc(-c5ccc(CCCNC(C)C)cc5)c4)CC3)cn12. The molecule has 1 aliphatic rings. The van der Waals surface area contributed by atoms with Crippen LogP contribution in [0.15, 0.2) is 85.2 Å². The number of benzene rings is 2. The molecule has 0 unspecified atom stereocenters. The zero-order chi connectivity index (χ0) is 34.3. The van der Waals surface area contributed by atoms with Gasteiger partial charge in [-0.15, -0.1) is 0 Å². The molecular formula is C39H43FN6O3. The highest BCUT2D eigenvalue weighted by atomic mass is 19.1. The zero-order valence-electron chi connectivity index (χ0n) is 28.2. The van der Waals surface area contributed by atoms with Crippen LogP contribution in [0.5, 0.6) is 11.6 Å². The molecule has 1 aliphatic carbocycles. The van der Waals surface area contributed by atoms with E-state index >= 15 is 0 Å². The third-order valence-corrected chi connectivity index (χ3v) is 8.92. The number of hydrogen-bond donors (Lipinski definition) is 3. The van der Waals surface area contributed by atoms with Crippen molar-refractivity contribution in [3.05, 3.63) is 114 Å². The van der Waals surface area contributed by atoms with E-state index in [4.69, 9.17) is 4.74 Å². The van der Waals surface area contributed by atoms with Gasteiger partial charge in [-0.1, -0.05) is 56.3 Å². The van der Waals surface area contributed by atoms with E-state index in [0.29, 0.717) is 43.2 Å². The molecule has 1 saturated carbocycles. The summed E-state index contributed by atoms with van der Waals surface area (Å²) >= 11 is 0. The van der Waals surface area contributed by atoms with Crippen molar-refractivity contribution in [1.82, 2.24) is 30.3 Å². The molecule has 0 radical (unpaired) electrons. The maximum atomic E-state index is 14.3. The normalized spacial score (nSPS) is 16.1. The first-order chi connectivity index (χ1) is 23.7. The van der Waals surface area contributed by atoms with E-state index in [1.807, 2.05) is 47.7 Å². The second-order valence-corrected chi connectivity index (χ2v) is 13.1. The van der Waals surface area contributed by atoms with Gasteiger partial charge in [-0.2, -0.15) is 0 Å². The van der Waals surface area contributed by atoms with Gasteiger partial charge in [-0.25, -0.2) is 14.4 Å². The Kier molecular flexibility index (Phi) is 10.6. The maximum Gasteiger partial charge on any atom is 0.271 e. The Bertz CT molecular complexity index is 1910. The van der Waals surface area contributed by atoms with Crippen molar-refractivity contribution in [2.75, 3.05) is 6.54 Å². The topological polar surface area (TPSA) is 110 Å². The second kappa shape index (κ2) is 15.4. The average molecular weight is 663 g/mol. The van der Waals surface area contributed by atoms with Crippen LogP contribution in [0.2, 0.25) is 0 Å². The number of imidazole rings is 1. The molecule has 0 saturated heterocycles. The largest absolute Gasteiger partial charge is 0.438 e. The minimum absolute atomic E-state index is 0.0271. The summed E-state index contributed by atoms with van der Waals surface area (Å²) in [5, 5.41) is 9.56. The highest BCUT2D eigenvalue weighted by molar-refractivity contribution is 5.96. The van der Waals surface area contributed by atoms with E-state index < -0.39 is 11.7 Å². The lowest BCUT2D eigenvalue weighted by atomic mass is 9.91. The summed E-state index contributed by atoms with van der Waals surface area (Å²) in [4.78, 5) is 34.9. The molecule has 2 aromatic carbocycles. The first-order valence-electron chi connectivity index (χ1n) is 17.0. The van der Waals surface area contributed by atoms with Crippen LogP contribution in [0, 0.1) is 12.7 Å². The lowest BCUT2D eigenvalue weighted by Crippen LogP contribution is -2.44. The molecule has 3 heterocycles. The van der Waals surface area contributed by atoms with Crippen molar-refractivity contribution >= 4 is 17.5 Å². The standard InChI is InChI=1S/C39H43FN6O3/c1-25(2)41-20-6-8-27-12-14-28(15-13-27)29-9-5-10-33(21-29)49-39-34(22-30(40)23-42-39)37(47)43-31-16-18-32(19-17-31)44-38(48)35-24-46-26(3)7-4-11-36(46)45-35/h4-5,7,9-15,21-25,31-32,41H,6,8,16-20H2,1-3H3,(H,43,47)(H,44,48)/t31-,32-. The van der Waals surface area contributed by atoms with Crippen LogP contribution in [0.1, 0.15) is 78.1 Å². The molecular weight excluding hydrogens is 619 g/mol. The summed E-state index contributed by atoms with van der Waals surface area (Å²) in [5.74, 6) is -0.768. The number of pyridine rings is 2. The lowest BCUT2D eigenvalue weighted by molar-refractivity contribution is 0.0888. The summed E-state index contributed by atoms with van der Waals surface area (Å²) in [6.07, 6.45) is 7.58. The van der Waals surface area contributed by atoms with Gasteiger partial charge in [-0.3, -0.25) is 9.59 Å². The maximum absolute atomic E-state index is 14.3. The molecule has 10 heteroatoms. The quantitative estimate of drug-likeness (QED) is 0.124. The molecule has 0 aliphatic heterocycles. The van der Waals surface area contributed by atoms with Gasteiger partial charge in [0, 0.05) is 30.0 Å². The Hall–Kier alpha value is -5.09. The third kappa shape index (κ3) is 8.69. The number of rotatable bonds is 12. The van der Waals surface area contributed by atoms with Gasteiger partial charge in [-0.05, 0) is 99.0 Å². The molecule has 0 atom stereocenters. The van der Waals surface area contributed by atoms with E-state index in [9.17, 15) is 14.0 Å². The van der Waals surface area contributed by atoms with E-state index in [1.165, 1.54) is 5.56 Å². The molecule has 0 bridgehead atoms. The Morgan fingerprint density at radius 1 is 0.918 bits per heavy atom. The lowest BCUT2D eigenvalue weighted by Gasteiger charge is -2.29. The summed E-state index contributed by atoms with van der Waals surface area (Å²) < 4.78 is 22.3. The van der Waals surface area contributed by atoms with Crippen molar-refractivity contribution in [2.24, 2.45) is 0 Å². The Balaban J connectivity index is 1.04. The number of fused-ring (bicyclic) bond motifs is 1. The number of ether oxygens (including phenoxy) is 1. The molecule has 0 spiro atoms. The van der Waals surface area contributed by atoms with Crippen molar-refractivity contribution in [3.8, 4) is 22.8 Å². The summed E-state index contributed by atoms with van der Waals surface area (Å²) in [6, 6.07) is 23.3. The smallest absolute Gasteiger partial charge is 0.271 e. The van der Waals surface area contributed by atoms with E-state index in [-0.39, 0.29) is 29.4 Å². The Morgan fingerprint density at radius 3 is 2.35 bits per heavy atom.